The fourth-order valence-corrected chi connectivity index (χ4v) is 2.31. The summed E-state index contributed by atoms with van der Waals surface area (Å²) in [6, 6.07) is 6.85. The van der Waals surface area contributed by atoms with E-state index in [1.165, 1.54) is 6.07 Å². The highest BCUT2D eigenvalue weighted by atomic mass is 16.6. The van der Waals surface area contributed by atoms with Gasteiger partial charge in [0.1, 0.15) is 0 Å². The highest BCUT2D eigenvalue weighted by Crippen LogP contribution is 2.19. The van der Waals surface area contributed by atoms with Crippen LogP contribution in [0.1, 0.15) is 39.2 Å². The Morgan fingerprint density at radius 2 is 1.91 bits per heavy atom. The summed E-state index contributed by atoms with van der Waals surface area (Å²) in [6.07, 6.45) is 1.80. The fraction of sp³-hybridized carbons (Fsp3) is 0.562. The van der Waals surface area contributed by atoms with Crippen molar-refractivity contribution in [2.75, 3.05) is 13.1 Å². The van der Waals surface area contributed by atoms with Gasteiger partial charge in [0.2, 0.25) is 5.91 Å². The first-order valence-corrected chi connectivity index (χ1v) is 7.75. The summed E-state index contributed by atoms with van der Waals surface area (Å²) in [5.41, 5.74) is 0.728. The fourth-order valence-electron chi connectivity index (χ4n) is 2.31. The SMILES string of the molecule is CCC(CC)NC(=O)CN(CC)Cc1ccccc1[N+](=O)[O-]. The Labute approximate surface area is 131 Å². The molecule has 0 aromatic heterocycles. The van der Waals surface area contributed by atoms with E-state index in [1.807, 2.05) is 25.7 Å². The molecule has 0 spiro atoms. The van der Waals surface area contributed by atoms with E-state index in [1.54, 1.807) is 18.2 Å². The van der Waals surface area contributed by atoms with Gasteiger partial charge >= 0.3 is 0 Å². The lowest BCUT2D eigenvalue weighted by molar-refractivity contribution is -0.385. The molecule has 1 amide bonds. The average molecular weight is 307 g/mol. The third kappa shape index (κ3) is 5.44. The molecule has 0 aliphatic heterocycles. The van der Waals surface area contributed by atoms with Crippen molar-refractivity contribution < 1.29 is 9.72 Å². The Morgan fingerprint density at radius 3 is 2.45 bits per heavy atom. The Morgan fingerprint density at radius 1 is 1.27 bits per heavy atom. The number of likely N-dealkylation sites (N-methyl/N-ethyl adjacent to an activating group) is 1. The van der Waals surface area contributed by atoms with Crippen LogP contribution >= 0.6 is 0 Å². The molecule has 0 aliphatic rings. The van der Waals surface area contributed by atoms with Crippen molar-refractivity contribution in [3.8, 4) is 0 Å². The largest absolute Gasteiger partial charge is 0.352 e. The molecule has 0 radical (unpaired) electrons. The van der Waals surface area contributed by atoms with Gasteiger partial charge in [0.25, 0.3) is 5.69 Å². The van der Waals surface area contributed by atoms with Crippen LogP contribution in [0, 0.1) is 10.1 Å². The number of nitrogens with zero attached hydrogens (tertiary/aromatic N) is 2. The number of carbonyl (C=O) groups is 1. The number of amides is 1. The van der Waals surface area contributed by atoms with Crippen molar-refractivity contribution in [2.45, 2.75) is 46.2 Å². The molecule has 1 aromatic rings. The van der Waals surface area contributed by atoms with E-state index in [0.29, 0.717) is 18.7 Å². The minimum absolute atomic E-state index is 0.0332. The Kier molecular flexibility index (Phi) is 7.52. The number of benzene rings is 1. The van der Waals surface area contributed by atoms with Crippen molar-refractivity contribution in [1.82, 2.24) is 10.2 Å². The Bertz CT molecular complexity index is 501. The first kappa shape index (κ1) is 18.1. The molecule has 0 saturated carbocycles. The lowest BCUT2D eigenvalue weighted by Crippen LogP contribution is -2.41. The predicted molar refractivity (Wildman–Crippen MR) is 86.6 cm³/mol. The number of rotatable bonds is 9. The number of carbonyl (C=O) groups excluding carboxylic acids is 1. The number of nitrogens with one attached hydrogen (secondary N) is 1. The second-order valence-corrected chi connectivity index (χ2v) is 5.27. The van der Waals surface area contributed by atoms with E-state index in [-0.39, 0.29) is 29.1 Å². The van der Waals surface area contributed by atoms with E-state index in [2.05, 4.69) is 5.32 Å². The van der Waals surface area contributed by atoms with Gasteiger partial charge in [-0.05, 0) is 19.4 Å². The van der Waals surface area contributed by atoms with Gasteiger partial charge in [-0.1, -0.05) is 39.0 Å². The third-order valence-corrected chi connectivity index (χ3v) is 3.75. The lowest BCUT2D eigenvalue weighted by atomic mass is 10.1. The van der Waals surface area contributed by atoms with Crippen LogP contribution < -0.4 is 5.32 Å². The average Bonchev–Trinajstić information content (AvgIpc) is 2.52. The monoisotopic (exact) mass is 307 g/mol. The van der Waals surface area contributed by atoms with Gasteiger partial charge in [-0.15, -0.1) is 0 Å². The molecule has 0 heterocycles. The molecule has 122 valence electrons. The second-order valence-electron chi connectivity index (χ2n) is 5.27. The van der Waals surface area contributed by atoms with Gasteiger partial charge in [-0.2, -0.15) is 0 Å². The first-order valence-electron chi connectivity index (χ1n) is 7.75. The van der Waals surface area contributed by atoms with E-state index in [4.69, 9.17) is 0 Å². The highest BCUT2D eigenvalue weighted by molar-refractivity contribution is 5.78. The van der Waals surface area contributed by atoms with E-state index >= 15 is 0 Å². The van der Waals surface area contributed by atoms with Crippen LogP contribution in [-0.4, -0.2) is 34.9 Å². The van der Waals surface area contributed by atoms with Crippen molar-refractivity contribution in [3.63, 3.8) is 0 Å². The molecular weight excluding hydrogens is 282 g/mol. The Balaban J connectivity index is 2.70. The minimum Gasteiger partial charge on any atom is -0.352 e. The first-order chi connectivity index (χ1) is 10.5. The van der Waals surface area contributed by atoms with Crippen LogP contribution in [0.3, 0.4) is 0 Å². The van der Waals surface area contributed by atoms with Crippen LogP contribution in [0.25, 0.3) is 0 Å². The van der Waals surface area contributed by atoms with Gasteiger partial charge < -0.3 is 5.32 Å². The number of hydrogen-bond donors (Lipinski definition) is 1. The molecule has 1 aromatic carbocycles. The molecule has 0 unspecified atom stereocenters. The van der Waals surface area contributed by atoms with Crippen molar-refractivity contribution in [2.24, 2.45) is 0 Å². The smallest absolute Gasteiger partial charge is 0.273 e. The molecule has 6 heteroatoms. The summed E-state index contributed by atoms with van der Waals surface area (Å²) in [5.74, 6) is -0.0332. The Hall–Kier alpha value is -1.95. The zero-order chi connectivity index (χ0) is 16.5. The normalized spacial score (nSPS) is 11.0. The summed E-state index contributed by atoms with van der Waals surface area (Å²) in [6.45, 7) is 7.32. The summed E-state index contributed by atoms with van der Waals surface area (Å²) in [7, 11) is 0. The maximum absolute atomic E-state index is 12.1. The van der Waals surface area contributed by atoms with E-state index in [9.17, 15) is 14.9 Å². The van der Waals surface area contributed by atoms with Crippen molar-refractivity contribution in [3.05, 3.63) is 39.9 Å². The molecule has 0 fully saturated rings. The van der Waals surface area contributed by atoms with Crippen LogP contribution in [0.15, 0.2) is 24.3 Å². The molecule has 0 aliphatic carbocycles. The third-order valence-electron chi connectivity index (χ3n) is 3.75. The van der Waals surface area contributed by atoms with Gasteiger partial charge in [-0.3, -0.25) is 19.8 Å². The maximum Gasteiger partial charge on any atom is 0.273 e. The van der Waals surface area contributed by atoms with Gasteiger partial charge in [0.05, 0.1) is 11.5 Å². The summed E-state index contributed by atoms with van der Waals surface area (Å²) < 4.78 is 0. The molecule has 0 saturated heterocycles. The van der Waals surface area contributed by atoms with Gasteiger partial charge in [0.15, 0.2) is 0 Å². The summed E-state index contributed by atoms with van der Waals surface area (Å²) in [4.78, 5) is 24.6. The topological polar surface area (TPSA) is 75.5 Å². The zero-order valence-corrected chi connectivity index (χ0v) is 13.5. The van der Waals surface area contributed by atoms with Crippen LogP contribution in [-0.2, 0) is 11.3 Å². The second kappa shape index (κ2) is 9.15. The highest BCUT2D eigenvalue weighted by Gasteiger charge is 2.17. The van der Waals surface area contributed by atoms with Crippen LogP contribution in [0.5, 0.6) is 0 Å². The lowest BCUT2D eigenvalue weighted by Gasteiger charge is -2.22. The summed E-state index contributed by atoms with van der Waals surface area (Å²) in [5, 5.41) is 14.0. The van der Waals surface area contributed by atoms with Gasteiger partial charge in [-0.25, -0.2) is 0 Å². The van der Waals surface area contributed by atoms with Crippen molar-refractivity contribution >= 4 is 11.6 Å². The predicted octanol–water partition coefficient (Wildman–Crippen LogP) is 2.72. The van der Waals surface area contributed by atoms with Crippen molar-refractivity contribution in [1.29, 1.82) is 0 Å². The number of nitro benzene ring substituents is 1. The minimum atomic E-state index is -0.382. The maximum atomic E-state index is 12.1. The molecule has 1 rings (SSSR count). The molecule has 6 nitrogen and oxygen atoms in total. The van der Waals surface area contributed by atoms with E-state index in [0.717, 1.165) is 12.8 Å². The zero-order valence-electron chi connectivity index (χ0n) is 13.5. The molecular formula is C16H25N3O3. The molecule has 1 N–H and O–H groups in total. The summed E-state index contributed by atoms with van der Waals surface area (Å²) >= 11 is 0. The quantitative estimate of drug-likeness (QED) is 0.562. The van der Waals surface area contributed by atoms with Crippen LogP contribution in [0.2, 0.25) is 0 Å². The molecule has 0 atom stereocenters. The molecule has 0 bridgehead atoms. The van der Waals surface area contributed by atoms with E-state index < -0.39 is 0 Å². The number of hydrogen-bond acceptors (Lipinski definition) is 4. The number of para-hydroxylation sites is 1. The van der Waals surface area contributed by atoms with Gasteiger partial charge in [0, 0.05) is 24.2 Å². The molecule has 22 heavy (non-hydrogen) atoms. The number of nitro groups is 1. The van der Waals surface area contributed by atoms with Crippen LogP contribution in [0.4, 0.5) is 5.69 Å². The standard InChI is InChI=1S/C16H25N3O3/c1-4-14(5-2)17-16(20)12-18(6-3)11-13-9-7-8-10-15(13)19(21)22/h7-10,14H,4-6,11-12H2,1-3H3,(H,17,20).